The standard InChI is InChI=1S/C20H19Cl2FN2O3/c1-13(20(27)25-11-14-2-4-15(21)5-3-14)8-9-24-19(26)12-28-16-6-7-17(22)18(23)10-16/h2-7,10H,1,8-9,11-12H2,(H,24,26)(H,25,27). The number of nitrogens with one attached hydrogen (secondary N) is 2. The van der Waals surface area contributed by atoms with Gasteiger partial charge in [-0.1, -0.05) is 41.9 Å². The van der Waals surface area contributed by atoms with Crippen LogP contribution < -0.4 is 15.4 Å². The van der Waals surface area contributed by atoms with Gasteiger partial charge < -0.3 is 15.4 Å². The largest absolute Gasteiger partial charge is 0.484 e. The monoisotopic (exact) mass is 424 g/mol. The topological polar surface area (TPSA) is 67.4 Å². The Morgan fingerprint density at radius 3 is 2.46 bits per heavy atom. The van der Waals surface area contributed by atoms with E-state index >= 15 is 0 Å². The van der Waals surface area contributed by atoms with Gasteiger partial charge in [0.1, 0.15) is 11.6 Å². The first-order chi connectivity index (χ1) is 13.3. The molecular formula is C20H19Cl2FN2O3. The third-order valence-corrected chi connectivity index (χ3v) is 4.26. The fourth-order valence-corrected chi connectivity index (χ4v) is 2.39. The van der Waals surface area contributed by atoms with Crippen LogP contribution >= 0.6 is 23.2 Å². The number of amides is 2. The van der Waals surface area contributed by atoms with Crippen molar-refractivity contribution in [1.29, 1.82) is 0 Å². The van der Waals surface area contributed by atoms with E-state index < -0.39 is 11.7 Å². The molecule has 0 fully saturated rings. The van der Waals surface area contributed by atoms with Crippen molar-refractivity contribution in [2.24, 2.45) is 0 Å². The van der Waals surface area contributed by atoms with Gasteiger partial charge in [-0.2, -0.15) is 0 Å². The van der Waals surface area contributed by atoms with Gasteiger partial charge >= 0.3 is 0 Å². The number of hydrogen-bond acceptors (Lipinski definition) is 3. The summed E-state index contributed by atoms with van der Waals surface area (Å²) in [5.74, 6) is -1.12. The third kappa shape index (κ3) is 7.21. The maximum absolute atomic E-state index is 13.3. The normalized spacial score (nSPS) is 10.2. The molecule has 0 heterocycles. The molecule has 5 nitrogen and oxygen atoms in total. The van der Waals surface area contributed by atoms with Crippen LogP contribution in [0.4, 0.5) is 4.39 Å². The lowest BCUT2D eigenvalue weighted by Crippen LogP contribution is -2.31. The van der Waals surface area contributed by atoms with Crippen LogP contribution in [-0.4, -0.2) is 25.0 Å². The van der Waals surface area contributed by atoms with Crippen LogP contribution in [0.3, 0.4) is 0 Å². The second-order valence-corrected chi connectivity index (χ2v) is 6.72. The Hall–Kier alpha value is -2.57. The van der Waals surface area contributed by atoms with Crippen molar-refractivity contribution in [2.45, 2.75) is 13.0 Å². The maximum Gasteiger partial charge on any atom is 0.257 e. The second-order valence-electron chi connectivity index (χ2n) is 5.88. The molecule has 2 aromatic rings. The predicted octanol–water partition coefficient (Wildman–Crippen LogP) is 3.89. The number of carbonyl (C=O) groups is 2. The molecule has 2 aromatic carbocycles. The molecule has 0 radical (unpaired) electrons. The van der Waals surface area contributed by atoms with Crippen LogP contribution in [-0.2, 0) is 16.1 Å². The molecule has 0 spiro atoms. The van der Waals surface area contributed by atoms with E-state index in [4.69, 9.17) is 27.9 Å². The molecule has 28 heavy (non-hydrogen) atoms. The summed E-state index contributed by atoms with van der Waals surface area (Å²) in [5.41, 5.74) is 1.25. The first kappa shape index (κ1) is 21.7. The summed E-state index contributed by atoms with van der Waals surface area (Å²) < 4.78 is 18.5. The van der Waals surface area contributed by atoms with E-state index in [2.05, 4.69) is 17.2 Å². The Labute approximate surface area is 172 Å². The van der Waals surface area contributed by atoms with E-state index in [9.17, 15) is 14.0 Å². The average molecular weight is 425 g/mol. The van der Waals surface area contributed by atoms with Crippen molar-refractivity contribution in [1.82, 2.24) is 10.6 Å². The highest BCUT2D eigenvalue weighted by Crippen LogP contribution is 2.20. The maximum atomic E-state index is 13.3. The lowest BCUT2D eigenvalue weighted by molar-refractivity contribution is -0.123. The van der Waals surface area contributed by atoms with Gasteiger partial charge in [-0.3, -0.25) is 9.59 Å². The molecule has 148 valence electrons. The predicted molar refractivity (Wildman–Crippen MR) is 107 cm³/mol. The number of carbonyl (C=O) groups excluding carboxylic acids is 2. The first-order valence-electron chi connectivity index (χ1n) is 8.40. The van der Waals surface area contributed by atoms with E-state index in [0.717, 1.165) is 11.6 Å². The molecule has 2 rings (SSSR count). The summed E-state index contributed by atoms with van der Waals surface area (Å²) in [4.78, 5) is 23.8. The van der Waals surface area contributed by atoms with E-state index in [1.54, 1.807) is 12.1 Å². The molecule has 0 saturated carbocycles. The fourth-order valence-electron chi connectivity index (χ4n) is 2.14. The van der Waals surface area contributed by atoms with Crippen LogP contribution in [0.15, 0.2) is 54.6 Å². The molecule has 0 atom stereocenters. The number of rotatable bonds is 9. The molecule has 2 N–H and O–H groups in total. The minimum Gasteiger partial charge on any atom is -0.484 e. The Kier molecular flexibility index (Phi) is 8.29. The Bertz CT molecular complexity index is 857. The lowest BCUT2D eigenvalue weighted by Gasteiger charge is -2.10. The molecule has 0 aliphatic carbocycles. The molecule has 0 saturated heterocycles. The Balaban J connectivity index is 1.64. The van der Waals surface area contributed by atoms with Crippen LogP contribution in [0.2, 0.25) is 10.0 Å². The van der Waals surface area contributed by atoms with Gasteiger partial charge in [0.25, 0.3) is 5.91 Å². The summed E-state index contributed by atoms with van der Waals surface area (Å²) in [6, 6.07) is 11.0. The second kappa shape index (κ2) is 10.7. The first-order valence-corrected chi connectivity index (χ1v) is 9.15. The molecule has 8 heteroatoms. The molecule has 0 aliphatic rings. The minimum absolute atomic E-state index is 0.0235. The number of benzene rings is 2. The molecule has 0 aliphatic heterocycles. The summed E-state index contributed by atoms with van der Waals surface area (Å²) in [6.45, 7) is 4.02. The zero-order valence-electron chi connectivity index (χ0n) is 14.9. The highest BCUT2D eigenvalue weighted by molar-refractivity contribution is 6.30. The van der Waals surface area contributed by atoms with E-state index in [-0.39, 0.29) is 36.3 Å². The van der Waals surface area contributed by atoms with Crippen LogP contribution in [0.5, 0.6) is 5.75 Å². The minimum atomic E-state index is -0.625. The molecule has 0 unspecified atom stereocenters. The van der Waals surface area contributed by atoms with Gasteiger partial charge in [-0.25, -0.2) is 4.39 Å². The van der Waals surface area contributed by atoms with Crippen molar-refractivity contribution < 1.29 is 18.7 Å². The van der Waals surface area contributed by atoms with Gasteiger partial charge in [-0.05, 0) is 36.2 Å². The Morgan fingerprint density at radius 1 is 1.07 bits per heavy atom. The van der Waals surface area contributed by atoms with E-state index in [1.165, 1.54) is 12.1 Å². The zero-order valence-corrected chi connectivity index (χ0v) is 16.4. The van der Waals surface area contributed by atoms with Gasteiger partial charge in [0.15, 0.2) is 6.61 Å². The summed E-state index contributed by atoms with van der Waals surface area (Å²) in [5, 5.41) is 5.95. The van der Waals surface area contributed by atoms with Gasteiger partial charge in [0.05, 0.1) is 5.02 Å². The van der Waals surface area contributed by atoms with Gasteiger partial charge in [0.2, 0.25) is 5.91 Å². The third-order valence-electron chi connectivity index (χ3n) is 3.70. The van der Waals surface area contributed by atoms with Gasteiger partial charge in [0, 0.05) is 29.8 Å². The molecule has 0 bridgehead atoms. The fraction of sp³-hybridized carbons (Fsp3) is 0.200. The van der Waals surface area contributed by atoms with Crippen molar-refractivity contribution in [2.75, 3.05) is 13.2 Å². The SMILES string of the molecule is C=C(CCNC(=O)COc1ccc(Cl)c(F)c1)C(=O)NCc1ccc(Cl)cc1. The number of halogens is 3. The molecular weight excluding hydrogens is 406 g/mol. The van der Waals surface area contributed by atoms with Crippen molar-refractivity contribution >= 4 is 35.0 Å². The number of ether oxygens (including phenoxy) is 1. The quantitative estimate of drug-likeness (QED) is 0.600. The summed E-state index contributed by atoms with van der Waals surface area (Å²) >= 11 is 11.4. The van der Waals surface area contributed by atoms with Crippen molar-refractivity contribution in [3.8, 4) is 5.75 Å². The molecule has 0 aromatic heterocycles. The summed E-state index contributed by atoms with van der Waals surface area (Å²) in [6.07, 6.45) is 0.285. The zero-order chi connectivity index (χ0) is 20.5. The lowest BCUT2D eigenvalue weighted by atomic mass is 10.2. The Morgan fingerprint density at radius 2 is 1.79 bits per heavy atom. The highest BCUT2D eigenvalue weighted by atomic mass is 35.5. The van der Waals surface area contributed by atoms with Gasteiger partial charge in [-0.15, -0.1) is 0 Å². The average Bonchev–Trinajstić information content (AvgIpc) is 2.68. The van der Waals surface area contributed by atoms with Crippen molar-refractivity contribution in [3.05, 3.63) is 76.0 Å². The van der Waals surface area contributed by atoms with E-state index in [0.29, 0.717) is 17.1 Å². The van der Waals surface area contributed by atoms with Crippen molar-refractivity contribution in [3.63, 3.8) is 0 Å². The number of hydrogen-bond donors (Lipinski definition) is 2. The highest BCUT2D eigenvalue weighted by Gasteiger charge is 2.09. The molecule has 2 amide bonds. The van der Waals surface area contributed by atoms with Crippen LogP contribution in [0.25, 0.3) is 0 Å². The smallest absolute Gasteiger partial charge is 0.257 e. The summed E-state index contributed by atoms with van der Waals surface area (Å²) in [7, 11) is 0. The van der Waals surface area contributed by atoms with Crippen LogP contribution in [0, 0.1) is 5.82 Å². The van der Waals surface area contributed by atoms with E-state index in [1.807, 2.05) is 12.1 Å². The van der Waals surface area contributed by atoms with Crippen LogP contribution in [0.1, 0.15) is 12.0 Å².